The third-order valence-corrected chi connectivity index (χ3v) is 4.16. The lowest BCUT2D eigenvalue weighted by molar-refractivity contribution is -0.0479. The average molecular weight is 383 g/mol. The molecule has 0 saturated heterocycles. The summed E-state index contributed by atoms with van der Waals surface area (Å²) in [6, 6.07) is 0. The molecule has 0 spiro atoms. The lowest BCUT2D eigenvalue weighted by Gasteiger charge is -2.19. The highest BCUT2D eigenvalue weighted by molar-refractivity contribution is 5.47. The maximum Gasteiger partial charge on any atom is 0.200 e. The Morgan fingerprint density at radius 3 is 1.85 bits per heavy atom. The molecule has 0 aliphatic rings. The third kappa shape index (κ3) is 6.72. The molecular weight excluding hydrogens is 357 g/mol. The molecule has 0 aliphatic carbocycles. The van der Waals surface area contributed by atoms with Crippen LogP contribution in [0.2, 0.25) is 0 Å². The summed E-state index contributed by atoms with van der Waals surface area (Å²) in [5.41, 5.74) is -1.09. The molecule has 0 amide bonds. The van der Waals surface area contributed by atoms with Crippen LogP contribution in [0.4, 0.5) is 27.6 Å². The van der Waals surface area contributed by atoms with Crippen molar-refractivity contribution in [1.82, 2.24) is 0 Å². The van der Waals surface area contributed by atoms with Crippen molar-refractivity contribution in [3.63, 3.8) is 0 Å². The molecule has 0 radical (unpaired) electrons. The summed E-state index contributed by atoms with van der Waals surface area (Å²) in [5, 5.41) is 11.1. The predicted octanol–water partition coefficient (Wildman–Crippen LogP) is 5.27. The molecule has 1 rings (SSSR count). The van der Waals surface area contributed by atoms with Gasteiger partial charge in [0, 0.05) is 6.54 Å². The van der Waals surface area contributed by atoms with Gasteiger partial charge in [0.05, 0.1) is 6.10 Å². The number of hydrogen-bond donors (Lipinski definition) is 2. The second kappa shape index (κ2) is 12.1. The molecular formula is C18H26F5NO2. The van der Waals surface area contributed by atoms with Crippen molar-refractivity contribution in [2.75, 3.05) is 18.7 Å². The van der Waals surface area contributed by atoms with Crippen molar-refractivity contribution < 1.29 is 31.8 Å². The van der Waals surface area contributed by atoms with Gasteiger partial charge in [0.1, 0.15) is 12.5 Å². The van der Waals surface area contributed by atoms with Gasteiger partial charge < -0.3 is 15.2 Å². The molecule has 8 heteroatoms. The normalized spacial score (nSPS) is 12.4. The largest absolute Gasteiger partial charge is 0.378 e. The van der Waals surface area contributed by atoms with E-state index >= 15 is 0 Å². The molecule has 0 bridgehead atoms. The van der Waals surface area contributed by atoms with Gasteiger partial charge in [-0.3, -0.25) is 0 Å². The Morgan fingerprint density at radius 2 is 1.31 bits per heavy atom. The van der Waals surface area contributed by atoms with Crippen molar-refractivity contribution >= 4 is 5.69 Å². The van der Waals surface area contributed by atoms with Crippen LogP contribution in [0.5, 0.6) is 0 Å². The van der Waals surface area contributed by atoms with Gasteiger partial charge in [0.15, 0.2) is 23.3 Å². The predicted molar refractivity (Wildman–Crippen MR) is 89.3 cm³/mol. The minimum absolute atomic E-state index is 0.186. The van der Waals surface area contributed by atoms with E-state index in [4.69, 9.17) is 9.84 Å². The number of aliphatic hydroxyl groups excluding tert-OH is 1. The number of halogens is 5. The Balaban J connectivity index is 2.53. The summed E-state index contributed by atoms with van der Waals surface area (Å²) in [4.78, 5) is 0. The first-order chi connectivity index (χ1) is 12.4. The Kier molecular flexibility index (Phi) is 10.5. The summed E-state index contributed by atoms with van der Waals surface area (Å²) >= 11 is 0. The number of hydrogen-bond acceptors (Lipinski definition) is 3. The Morgan fingerprint density at radius 1 is 0.808 bits per heavy atom. The number of ether oxygens (including phenoxy) is 1. The zero-order valence-electron chi connectivity index (χ0n) is 14.9. The zero-order valence-corrected chi connectivity index (χ0v) is 14.9. The molecule has 0 fully saturated rings. The van der Waals surface area contributed by atoms with Crippen molar-refractivity contribution in [2.24, 2.45) is 0 Å². The number of nitrogens with one attached hydrogen (secondary N) is 1. The van der Waals surface area contributed by atoms with Crippen LogP contribution in [-0.4, -0.2) is 24.5 Å². The van der Waals surface area contributed by atoms with Crippen LogP contribution in [0.1, 0.15) is 58.3 Å². The fraction of sp³-hybridized carbons (Fsp3) is 0.667. The van der Waals surface area contributed by atoms with Crippen LogP contribution in [-0.2, 0) is 4.74 Å². The van der Waals surface area contributed by atoms with E-state index in [1.165, 1.54) is 12.8 Å². The number of rotatable bonds is 13. The second-order valence-electron chi connectivity index (χ2n) is 6.15. The van der Waals surface area contributed by atoms with E-state index in [0.717, 1.165) is 32.1 Å². The van der Waals surface area contributed by atoms with E-state index in [0.29, 0.717) is 6.42 Å². The molecule has 150 valence electrons. The third-order valence-electron chi connectivity index (χ3n) is 4.16. The van der Waals surface area contributed by atoms with Crippen LogP contribution in [0, 0.1) is 29.1 Å². The topological polar surface area (TPSA) is 41.5 Å². The minimum atomic E-state index is -2.20. The van der Waals surface area contributed by atoms with E-state index in [2.05, 4.69) is 12.2 Å². The summed E-state index contributed by atoms with van der Waals surface area (Å²) < 4.78 is 71.7. The fourth-order valence-electron chi connectivity index (χ4n) is 2.65. The Labute approximate surface area is 150 Å². The molecule has 1 atom stereocenters. The van der Waals surface area contributed by atoms with Crippen molar-refractivity contribution in [3.8, 4) is 0 Å². The molecule has 3 nitrogen and oxygen atoms in total. The van der Waals surface area contributed by atoms with E-state index in [9.17, 15) is 22.0 Å². The molecule has 0 saturated carbocycles. The van der Waals surface area contributed by atoms with Crippen LogP contribution in [0.25, 0.3) is 0 Å². The first-order valence-corrected chi connectivity index (χ1v) is 8.91. The molecule has 2 N–H and O–H groups in total. The Bertz CT molecular complexity index is 528. The maximum absolute atomic E-state index is 13.6. The van der Waals surface area contributed by atoms with Gasteiger partial charge in [-0.15, -0.1) is 0 Å². The van der Waals surface area contributed by atoms with E-state index in [-0.39, 0.29) is 6.54 Å². The standard InChI is InChI=1S/C18H26F5NO2/c1-2-3-4-5-6-7-8-9-12(26-11-25)10-24-18-16(22)14(20)13(19)15(21)17(18)23/h12,24-25H,2-11H2,1H3. The number of aliphatic hydroxyl groups is 1. The van der Waals surface area contributed by atoms with Crippen LogP contribution >= 0.6 is 0 Å². The van der Waals surface area contributed by atoms with Crippen LogP contribution in [0.3, 0.4) is 0 Å². The quantitative estimate of drug-likeness (QED) is 0.160. The maximum atomic E-state index is 13.6. The lowest BCUT2D eigenvalue weighted by Crippen LogP contribution is -2.25. The zero-order chi connectivity index (χ0) is 19.5. The molecule has 1 aromatic rings. The summed E-state index contributed by atoms with van der Waals surface area (Å²) in [5.74, 6) is -10.0. The van der Waals surface area contributed by atoms with Crippen molar-refractivity contribution in [3.05, 3.63) is 29.1 Å². The molecule has 1 aromatic carbocycles. The van der Waals surface area contributed by atoms with E-state index in [1.807, 2.05) is 0 Å². The van der Waals surface area contributed by atoms with Gasteiger partial charge >= 0.3 is 0 Å². The molecule has 0 aromatic heterocycles. The average Bonchev–Trinajstić information content (AvgIpc) is 2.63. The summed E-state index contributed by atoms with van der Waals surface area (Å²) in [6.07, 6.45) is 7.32. The van der Waals surface area contributed by atoms with Gasteiger partial charge in [-0.25, -0.2) is 22.0 Å². The van der Waals surface area contributed by atoms with Gasteiger partial charge in [-0.05, 0) is 6.42 Å². The lowest BCUT2D eigenvalue weighted by atomic mass is 10.1. The van der Waals surface area contributed by atoms with Crippen LogP contribution in [0.15, 0.2) is 0 Å². The number of benzene rings is 1. The number of anilines is 1. The summed E-state index contributed by atoms with van der Waals surface area (Å²) in [7, 11) is 0. The van der Waals surface area contributed by atoms with Crippen molar-refractivity contribution in [1.29, 1.82) is 0 Å². The van der Waals surface area contributed by atoms with Gasteiger partial charge in [-0.2, -0.15) is 0 Å². The first kappa shape index (κ1) is 22.6. The highest BCUT2D eigenvalue weighted by Gasteiger charge is 2.26. The second-order valence-corrected chi connectivity index (χ2v) is 6.15. The SMILES string of the molecule is CCCCCCCCCC(CNc1c(F)c(F)c(F)c(F)c1F)OCO. The van der Waals surface area contributed by atoms with Crippen LogP contribution < -0.4 is 5.32 Å². The van der Waals surface area contributed by atoms with Gasteiger partial charge in [-0.1, -0.05) is 51.9 Å². The monoisotopic (exact) mass is 383 g/mol. The van der Waals surface area contributed by atoms with Crippen molar-refractivity contribution in [2.45, 2.75) is 64.4 Å². The van der Waals surface area contributed by atoms with E-state index < -0.39 is 47.7 Å². The van der Waals surface area contributed by atoms with Gasteiger partial charge in [0.25, 0.3) is 0 Å². The first-order valence-electron chi connectivity index (χ1n) is 8.91. The molecule has 0 aliphatic heterocycles. The highest BCUT2D eigenvalue weighted by Crippen LogP contribution is 2.27. The van der Waals surface area contributed by atoms with E-state index in [1.54, 1.807) is 0 Å². The Hall–Kier alpha value is -1.41. The highest BCUT2D eigenvalue weighted by atomic mass is 19.2. The van der Waals surface area contributed by atoms with Gasteiger partial charge in [0.2, 0.25) is 5.82 Å². The molecule has 0 heterocycles. The fourth-order valence-corrected chi connectivity index (χ4v) is 2.65. The molecule has 1 unspecified atom stereocenters. The smallest absolute Gasteiger partial charge is 0.200 e. The summed E-state index contributed by atoms with van der Waals surface area (Å²) in [6.45, 7) is 1.35. The number of unbranched alkanes of at least 4 members (excludes halogenated alkanes) is 6. The molecule has 26 heavy (non-hydrogen) atoms. The minimum Gasteiger partial charge on any atom is -0.378 e.